The Labute approximate surface area is 192 Å². The highest BCUT2D eigenvalue weighted by atomic mass is 16.6. The number of hydrogen-bond acceptors (Lipinski definition) is 8. The maximum absolute atomic E-state index is 12.2. The van der Waals surface area contributed by atoms with Crippen molar-refractivity contribution in [3.8, 4) is 22.6 Å². The van der Waals surface area contributed by atoms with Gasteiger partial charge < -0.3 is 25.3 Å². The fourth-order valence-electron chi connectivity index (χ4n) is 3.81. The Balaban J connectivity index is 1.68. The van der Waals surface area contributed by atoms with Gasteiger partial charge in [0.25, 0.3) is 0 Å². The van der Waals surface area contributed by atoms with E-state index in [0.717, 1.165) is 48.6 Å². The molecule has 33 heavy (non-hydrogen) atoms. The number of carbonyl (C=O) groups excluding carboxylic acids is 1. The fourth-order valence-corrected chi connectivity index (χ4v) is 3.81. The summed E-state index contributed by atoms with van der Waals surface area (Å²) in [6.07, 6.45) is 0.911. The van der Waals surface area contributed by atoms with Gasteiger partial charge in [-0.25, -0.2) is 14.3 Å². The Kier molecular flexibility index (Phi) is 6.39. The monoisotopic (exact) mass is 454 g/mol. The van der Waals surface area contributed by atoms with Crippen molar-refractivity contribution in [1.82, 2.24) is 24.8 Å². The number of hydrogen-bond donors (Lipinski definition) is 2. The Bertz CT molecular complexity index is 1150. The zero-order valence-corrected chi connectivity index (χ0v) is 19.4. The van der Waals surface area contributed by atoms with Crippen LogP contribution in [0.5, 0.6) is 11.5 Å². The number of rotatable bonds is 5. The largest absolute Gasteiger partial charge is 0.493 e. The number of carbonyl (C=O) groups is 1. The third-order valence-electron chi connectivity index (χ3n) is 5.30. The van der Waals surface area contributed by atoms with Gasteiger partial charge in [-0.2, -0.15) is 5.10 Å². The lowest BCUT2D eigenvalue weighted by Gasteiger charge is -2.26. The molecule has 0 bridgehead atoms. The average molecular weight is 455 g/mol. The lowest BCUT2D eigenvalue weighted by molar-refractivity contribution is 0.0334. The van der Waals surface area contributed by atoms with Gasteiger partial charge in [0.15, 0.2) is 17.3 Å². The summed E-state index contributed by atoms with van der Waals surface area (Å²) < 4.78 is 18.3. The summed E-state index contributed by atoms with van der Waals surface area (Å²) in [6, 6.07) is 7.46. The topological polar surface area (TPSA) is 116 Å². The molecule has 10 heteroatoms. The second-order valence-electron chi connectivity index (χ2n) is 8.97. The Hall–Kier alpha value is -3.37. The summed E-state index contributed by atoms with van der Waals surface area (Å²) >= 11 is 0. The van der Waals surface area contributed by atoms with Crippen molar-refractivity contribution >= 4 is 17.4 Å². The number of aromatic nitrogens is 3. The predicted octanol–water partition coefficient (Wildman–Crippen LogP) is 2.71. The second-order valence-corrected chi connectivity index (χ2v) is 8.97. The summed E-state index contributed by atoms with van der Waals surface area (Å²) in [5.74, 6) is 1.14. The number of ether oxygens (including phenoxy) is 3. The maximum Gasteiger partial charge on any atom is 0.413 e. The predicted molar refractivity (Wildman–Crippen MR) is 124 cm³/mol. The van der Waals surface area contributed by atoms with E-state index in [9.17, 15) is 4.79 Å². The molecule has 0 unspecified atom stereocenters. The van der Waals surface area contributed by atoms with E-state index in [1.54, 1.807) is 6.07 Å². The van der Waals surface area contributed by atoms with E-state index in [1.165, 1.54) is 13.4 Å². The summed E-state index contributed by atoms with van der Waals surface area (Å²) in [6.45, 7) is 9.52. The van der Waals surface area contributed by atoms with Crippen LogP contribution < -0.4 is 20.5 Å². The highest BCUT2D eigenvalue weighted by Gasteiger charge is 2.21. The van der Waals surface area contributed by atoms with Gasteiger partial charge in [-0.15, -0.1) is 0 Å². The van der Waals surface area contributed by atoms with E-state index >= 15 is 0 Å². The van der Waals surface area contributed by atoms with Crippen LogP contribution in [-0.2, 0) is 11.3 Å². The Morgan fingerprint density at radius 3 is 2.67 bits per heavy atom. The van der Waals surface area contributed by atoms with Crippen LogP contribution in [0.2, 0.25) is 0 Å². The lowest BCUT2D eigenvalue weighted by Crippen LogP contribution is -2.42. The van der Waals surface area contributed by atoms with Crippen LogP contribution in [-0.4, -0.2) is 64.5 Å². The van der Waals surface area contributed by atoms with Gasteiger partial charge in [0.1, 0.15) is 11.8 Å². The van der Waals surface area contributed by atoms with E-state index in [2.05, 4.69) is 26.4 Å². The van der Waals surface area contributed by atoms with Crippen molar-refractivity contribution in [2.45, 2.75) is 32.9 Å². The van der Waals surface area contributed by atoms with E-state index in [-0.39, 0.29) is 0 Å². The van der Waals surface area contributed by atoms with Gasteiger partial charge in [-0.1, -0.05) is 6.07 Å². The molecule has 4 rings (SSSR count). The number of amides is 1. The molecule has 176 valence electrons. The molecule has 0 aliphatic carbocycles. The van der Waals surface area contributed by atoms with Crippen LogP contribution >= 0.6 is 0 Å². The molecule has 1 fully saturated rings. The summed E-state index contributed by atoms with van der Waals surface area (Å²) in [5, 5.41) is 7.22. The molecule has 3 N–H and O–H groups in total. The van der Waals surface area contributed by atoms with E-state index in [0.29, 0.717) is 23.9 Å². The van der Waals surface area contributed by atoms with Gasteiger partial charge in [0, 0.05) is 30.7 Å². The zero-order chi connectivity index (χ0) is 23.6. The molecular weight excluding hydrogens is 424 g/mol. The van der Waals surface area contributed by atoms with Gasteiger partial charge in [0.2, 0.25) is 0 Å². The van der Waals surface area contributed by atoms with Gasteiger partial charge in [0.05, 0.1) is 26.0 Å². The first kappa shape index (κ1) is 22.8. The van der Waals surface area contributed by atoms with E-state index < -0.39 is 11.6 Å². The van der Waals surface area contributed by atoms with Crippen molar-refractivity contribution < 1.29 is 19.0 Å². The third-order valence-corrected chi connectivity index (χ3v) is 5.30. The quantitative estimate of drug-likeness (QED) is 0.605. The van der Waals surface area contributed by atoms with Crippen molar-refractivity contribution in [1.29, 1.82) is 0 Å². The molecule has 1 amide bonds. The molecule has 10 nitrogen and oxygen atoms in total. The molecule has 0 radical (unpaired) electrons. The molecule has 1 saturated heterocycles. The number of anilines is 1. The van der Waals surface area contributed by atoms with Crippen molar-refractivity contribution in [3.63, 3.8) is 0 Å². The lowest BCUT2D eigenvalue weighted by atomic mass is 10.1. The minimum Gasteiger partial charge on any atom is -0.493 e. The molecule has 1 aliphatic heterocycles. The van der Waals surface area contributed by atoms with Crippen LogP contribution in [0.25, 0.3) is 16.6 Å². The smallest absolute Gasteiger partial charge is 0.413 e. The summed E-state index contributed by atoms with van der Waals surface area (Å²) in [5.41, 5.74) is 9.29. The Morgan fingerprint density at radius 1 is 1.21 bits per heavy atom. The summed E-state index contributed by atoms with van der Waals surface area (Å²) in [7, 11) is 1.53. The van der Waals surface area contributed by atoms with E-state index in [1.807, 2.05) is 37.4 Å². The minimum absolute atomic E-state index is 0.323. The zero-order valence-electron chi connectivity index (χ0n) is 19.4. The number of nitrogens with zero attached hydrogens (tertiary/aromatic N) is 4. The molecule has 0 saturated carbocycles. The number of nitrogen functional groups attached to an aromatic ring is 1. The number of benzene rings is 1. The first-order chi connectivity index (χ1) is 15.7. The maximum atomic E-state index is 12.2. The van der Waals surface area contributed by atoms with Crippen molar-refractivity contribution in [2.24, 2.45) is 0 Å². The van der Waals surface area contributed by atoms with Crippen molar-refractivity contribution in [2.75, 3.05) is 39.1 Å². The average Bonchev–Trinajstić information content (AvgIpc) is 3.13. The number of nitrogens with two attached hydrogens (primary N) is 1. The molecule has 3 aromatic rings. The molecule has 2 aromatic heterocycles. The molecule has 1 aromatic carbocycles. The summed E-state index contributed by atoms with van der Waals surface area (Å²) in [4.78, 5) is 18.7. The first-order valence-corrected chi connectivity index (χ1v) is 10.8. The first-order valence-electron chi connectivity index (χ1n) is 10.8. The van der Waals surface area contributed by atoms with E-state index in [4.69, 9.17) is 19.9 Å². The van der Waals surface area contributed by atoms with Crippen LogP contribution in [0.4, 0.5) is 10.6 Å². The molecular formula is C23H30N6O4. The van der Waals surface area contributed by atoms with Crippen LogP contribution in [0, 0.1) is 0 Å². The standard InChI is InChI=1S/C23H30N6O4/c1-23(2,3)27-22(30)33-18-6-5-15(11-19(18)31-4)17-12-16(13-28-7-9-32-10-8-28)29-20(17)21(24)25-14-26-29/h5-6,11-12,14H,7-10,13H2,1-4H3,(H,27,30)(H2,24,25,26). The van der Waals surface area contributed by atoms with Crippen LogP contribution in [0.1, 0.15) is 26.5 Å². The number of fused-ring (bicyclic) bond motifs is 1. The molecule has 0 atom stereocenters. The van der Waals surface area contributed by atoms with Crippen LogP contribution in [0.3, 0.4) is 0 Å². The normalized spacial score (nSPS) is 14.9. The SMILES string of the molecule is COc1cc(-c2cc(CN3CCOCC3)n3ncnc(N)c23)ccc1OC(=O)NC(C)(C)C. The van der Waals surface area contributed by atoms with Gasteiger partial charge >= 0.3 is 6.09 Å². The van der Waals surface area contributed by atoms with Gasteiger partial charge in [-0.05, 0) is 44.5 Å². The fraction of sp³-hybridized carbons (Fsp3) is 0.435. The number of morpholine rings is 1. The van der Waals surface area contributed by atoms with Gasteiger partial charge in [-0.3, -0.25) is 4.90 Å². The second kappa shape index (κ2) is 9.24. The van der Waals surface area contributed by atoms with Crippen molar-refractivity contribution in [3.05, 3.63) is 36.3 Å². The molecule has 3 heterocycles. The Morgan fingerprint density at radius 2 is 1.97 bits per heavy atom. The number of nitrogens with one attached hydrogen (secondary N) is 1. The highest BCUT2D eigenvalue weighted by Crippen LogP contribution is 2.36. The number of methoxy groups -OCH3 is 1. The molecule has 0 spiro atoms. The molecule has 1 aliphatic rings. The highest BCUT2D eigenvalue weighted by molar-refractivity contribution is 5.89. The third kappa shape index (κ3) is 5.18. The van der Waals surface area contributed by atoms with Crippen LogP contribution in [0.15, 0.2) is 30.6 Å². The minimum atomic E-state index is -0.548.